The number of β-amino-alcohol motifs (C(OH)–C–C–N with tert-alkyl or cyclic N) is 1. The molecule has 0 bridgehead atoms. The molecule has 3 aliphatic rings. The largest absolute Gasteiger partial charge is 0.392 e. The molecule has 190 valence electrons. The molecular formula is C27H29N7O2S. The van der Waals surface area contributed by atoms with Crippen molar-refractivity contribution in [3.05, 3.63) is 47.9 Å². The van der Waals surface area contributed by atoms with E-state index in [1.54, 1.807) is 17.7 Å². The molecule has 2 fully saturated rings. The van der Waals surface area contributed by atoms with E-state index in [0.29, 0.717) is 13.1 Å². The fourth-order valence-corrected chi connectivity index (χ4v) is 6.41. The number of aliphatic hydroxyl groups excluding tert-OH is 1. The van der Waals surface area contributed by atoms with Crippen LogP contribution >= 0.6 is 11.3 Å². The molecule has 4 aromatic rings. The zero-order valence-electron chi connectivity index (χ0n) is 20.5. The second-order valence-electron chi connectivity index (χ2n) is 10.5. The van der Waals surface area contributed by atoms with Gasteiger partial charge in [0.05, 0.1) is 32.6 Å². The number of H-pyrrole nitrogens is 1. The molecule has 37 heavy (non-hydrogen) atoms. The number of rotatable bonds is 6. The molecule has 10 heteroatoms. The Balaban J connectivity index is 1.07. The molecule has 0 spiro atoms. The highest BCUT2D eigenvalue weighted by Crippen LogP contribution is 2.48. The molecular weight excluding hydrogens is 486 g/mol. The number of amides is 1. The first-order chi connectivity index (χ1) is 18.1. The monoisotopic (exact) mass is 515 g/mol. The van der Waals surface area contributed by atoms with Gasteiger partial charge in [0.2, 0.25) is 5.91 Å². The van der Waals surface area contributed by atoms with Crippen LogP contribution in [0.1, 0.15) is 31.4 Å². The summed E-state index contributed by atoms with van der Waals surface area (Å²) < 4.78 is 1.13. The minimum atomic E-state index is -0.245. The number of hydrogen-bond acceptors (Lipinski definition) is 8. The van der Waals surface area contributed by atoms with Crippen molar-refractivity contribution in [1.82, 2.24) is 29.7 Å². The lowest BCUT2D eigenvalue weighted by Gasteiger charge is -2.31. The van der Waals surface area contributed by atoms with Crippen LogP contribution in [-0.2, 0) is 4.79 Å². The Hall–Kier alpha value is -3.34. The fourth-order valence-electron chi connectivity index (χ4n) is 5.69. The Bertz CT molecular complexity index is 1520. The molecule has 1 atom stereocenters. The van der Waals surface area contributed by atoms with Crippen LogP contribution in [0, 0.1) is 5.41 Å². The zero-order chi connectivity index (χ0) is 25.0. The number of aromatic amines is 1. The average molecular weight is 516 g/mol. The van der Waals surface area contributed by atoms with Crippen LogP contribution < -0.4 is 5.32 Å². The Morgan fingerprint density at radius 3 is 2.92 bits per heavy atom. The van der Waals surface area contributed by atoms with Crippen LogP contribution in [0.3, 0.4) is 0 Å². The minimum absolute atomic E-state index is 0.241. The molecule has 9 nitrogen and oxygen atoms in total. The molecule has 1 amide bonds. The number of fused-ring (bicyclic) bond motifs is 2. The molecule has 1 unspecified atom stereocenters. The lowest BCUT2D eigenvalue weighted by atomic mass is 10.0. The number of aliphatic hydroxyl groups is 1. The Kier molecular flexibility index (Phi) is 5.49. The van der Waals surface area contributed by atoms with E-state index in [0.717, 1.165) is 83.8 Å². The number of anilines is 2. The predicted octanol–water partition coefficient (Wildman–Crippen LogP) is 3.77. The quantitative estimate of drug-likeness (QED) is 0.359. The third-order valence-corrected chi connectivity index (χ3v) is 8.73. The summed E-state index contributed by atoms with van der Waals surface area (Å²) in [6, 6.07) is 8.21. The molecule has 1 saturated carbocycles. The van der Waals surface area contributed by atoms with Gasteiger partial charge in [-0.25, -0.2) is 15.0 Å². The first kappa shape index (κ1) is 22.8. The van der Waals surface area contributed by atoms with Gasteiger partial charge in [0.25, 0.3) is 0 Å². The molecule has 5 heterocycles. The number of carbonyl (C=O) groups excluding carboxylic acids is 1. The normalized spacial score (nSPS) is 21.5. The summed E-state index contributed by atoms with van der Waals surface area (Å²) >= 11 is 1.62. The van der Waals surface area contributed by atoms with Crippen LogP contribution in [0.5, 0.6) is 0 Å². The number of benzene rings is 1. The van der Waals surface area contributed by atoms with Crippen LogP contribution in [-0.4, -0.2) is 79.6 Å². The summed E-state index contributed by atoms with van der Waals surface area (Å²) in [5, 5.41) is 14.2. The summed E-state index contributed by atoms with van der Waals surface area (Å²) in [5.74, 6) is 1.03. The Labute approximate surface area is 218 Å². The first-order valence-electron chi connectivity index (χ1n) is 12.9. The van der Waals surface area contributed by atoms with Gasteiger partial charge in [-0.15, -0.1) is 11.3 Å². The average Bonchev–Trinajstić information content (AvgIpc) is 3.24. The predicted molar refractivity (Wildman–Crippen MR) is 145 cm³/mol. The summed E-state index contributed by atoms with van der Waals surface area (Å²) in [4.78, 5) is 34.4. The molecule has 1 aliphatic carbocycles. The van der Waals surface area contributed by atoms with E-state index >= 15 is 0 Å². The van der Waals surface area contributed by atoms with Crippen molar-refractivity contribution in [3.8, 4) is 0 Å². The Morgan fingerprint density at radius 1 is 1.22 bits per heavy atom. The van der Waals surface area contributed by atoms with Gasteiger partial charge in [0.1, 0.15) is 17.8 Å². The SMILES string of the molecule is O=C(N1CC=C(c2cc3c(Nc4ccc5ncsc5c4)ncnc3[nH]2)CC1)C1(CN2CCC(O)C2)CC1. The molecule has 3 aromatic heterocycles. The van der Waals surface area contributed by atoms with E-state index in [4.69, 9.17) is 0 Å². The van der Waals surface area contributed by atoms with E-state index in [2.05, 4.69) is 48.4 Å². The van der Waals surface area contributed by atoms with Crippen LogP contribution in [0.2, 0.25) is 0 Å². The fraction of sp³-hybridized carbons (Fsp3) is 0.407. The van der Waals surface area contributed by atoms with Gasteiger partial charge in [-0.3, -0.25) is 9.69 Å². The number of nitrogens with one attached hydrogen (secondary N) is 2. The summed E-state index contributed by atoms with van der Waals surface area (Å²) in [7, 11) is 0. The van der Waals surface area contributed by atoms with Crippen LogP contribution in [0.25, 0.3) is 26.8 Å². The van der Waals surface area contributed by atoms with Crippen molar-refractivity contribution in [2.75, 3.05) is 38.0 Å². The van der Waals surface area contributed by atoms with Crippen molar-refractivity contribution in [1.29, 1.82) is 0 Å². The molecule has 1 saturated heterocycles. The number of thiazole rings is 1. The maximum atomic E-state index is 13.4. The van der Waals surface area contributed by atoms with Crippen molar-refractivity contribution in [3.63, 3.8) is 0 Å². The highest BCUT2D eigenvalue weighted by atomic mass is 32.1. The highest BCUT2D eigenvalue weighted by Gasteiger charge is 2.53. The maximum absolute atomic E-state index is 13.4. The van der Waals surface area contributed by atoms with E-state index in [1.807, 2.05) is 22.5 Å². The van der Waals surface area contributed by atoms with Gasteiger partial charge >= 0.3 is 0 Å². The smallest absolute Gasteiger partial charge is 0.230 e. The number of hydrogen-bond donors (Lipinski definition) is 3. The van der Waals surface area contributed by atoms with E-state index in [1.165, 1.54) is 5.57 Å². The third-order valence-electron chi connectivity index (χ3n) is 7.94. The molecule has 3 N–H and O–H groups in total. The highest BCUT2D eigenvalue weighted by molar-refractivity contribution is 7.16. The van der Waals surface area contributed by atoms with Gasteiger partial charge in [0, 0.05) is 44.1 Å². The van der Waals surface area contributed by atoms with E-state index in [-0.39, 0.29) is 17.4 Å². The maximum Gasteiger partial charge on any atom is 0.230 e. The van der Waals surface area contributed by atoms with E-state index < -0.39 is 0 Å². The third kappa shape index (κ3) is 4.28. The summed E-state index contributed by atoms with van der Waals surface area (Å²) in [6.07, 6.45) is 7.02. The van der Waals surface area contributed by atoms with E-state index in [9.17, 15) is 9.90 Å². The second-order valence-corrected chi connectivity index (χ2v) is 11.4. The first-order valence-corrected chi connectivity index (χ1v) is 13.8. The van der Waals surface area contributed by atoms with Gasteiger partial charge in [-0.05, 0) is 55.5 Å². The molecule has 0 radical (unpaired) electrons. The number of carbonyl (C=O) groups is 1. The molecule has 7 rings (SSSR count). The summed E-state index contributed by atoms with van der Waals surface area (Å²) in [5.41, 5.74) is 6.58. The van der Waals surface area contributed by atoms with Gasteiger partial charge in [-0.1, -0.05) is 6.08 Å². The standard InChI is InChI=1S/C27H29N7O2S/c35-19-5-8-33(13-19)14-27(6-7-27)26(36)34-9-3-17(4-10-34)22-12-20-24(28-15-29-25(20)32-22)31-18-1-2-21-23(11-18)37-16-30-21/h1-3,11-12,15-16,19,35H,4-10,13-14H2,(H2,28,29,31,32). The zero-order valence-corrected chi connectivity index (χ0v) is 21.3. The van der Waals surface area contributed by atoms with Gasteiger partial charge in [0.15, 0.2) is 0 Å². The van der Waals surface area contributed by atoms with Crippen LogP contribution in [0.4, 0.5) is 11.5 Å². The van der Waals surface area contributed by atoms with Crippen molar-refractivity contribution in [2.24, 2.45) is 5.41 Å². The number of aromatic nitrogens is 4. The number of nitrogens with zero attached hydrogens (tertiary/aromatic N) is 5. The summed E-state index contributed by atoms with van der Waals surface area (Å²) in [6.45, 7) is 3.71. The van der Waals surface area contributed by atoms with Crippen LogP contribution in [0.15, 0.2) is 42.2 Å². The lowest BCUT2D eigenvalue weighted by molar-refractivity contribution is -0.137. The topological polar surface area (TPSA) is 110 Å². The van der Waals surface area contributed by atoms with Gasteiger partial charge < -0.3 is 20.3 Å². The van der Waals surface area contributed by atoms with Crippen molar-refractivity contribution < 1.29 is 9.90 Å². The molecule has 1 aromatic carbocycles. The van der Waals surface area contributed by atoms with Crippen molar-refractivity contribution in [2.45, 2.75) is 31.8 Å². The number of likely N-dealkylation sites (tertiary alicyclic amines) is 1. The second kappa shape index (κ2) is 8.90. The molecule has 2 aliphatic heterocycles. The lowest BCUT2D eigenvalue weighted by Crippen LogP contribution is -2.44. The Morgan fingerprint density at radius 2 is 2.14 bits per heavy atom. The minimum Gasteiger partial charge on any atom is -0.392 e. The van der Waals surface area contributed by atoms with Gasteiger partial charge in [-0.2, -0.15) is 0 Å². The van der Waals surface area contributed by atoms with Crippen molar-refractivity contribution >= 4 is 55.6 Å².